The van der Waals surface area contributed by atoms with Crippen molar-refractivity contribution in [3.63, 3.8) is 0 Å². The minimum atomic E-state index is -0.477. The van der Waals surface area contributed by atoms with Crippen molar-refractivity contribution in [2.24, 2.45) is 5.10 Å². The number of furan rings is 1. The van der Waals surface area contributed by atoms with Crippen LogP contribution in [-0.4, -0.2) is 24.2 Å². The van der Waals surface area contributed by atoms with Crippen LogP contribution in [0.4, 0.5) is 10.5 Å². The number of benzene rings is 2. The first-order chi connectivity index (χ1) is 13.6. The van der Waals surface area contributed by atoms with E-state index in [2.05, 4.69) is 21.2 Å². The molecule has 142 valence electrons. The number of hydrogen-bond acceptors (Lipinski definition) is 4. The topological polar surface area (TPSA) is 95.7 Å². The first-order valence-electron chi connectivity index (χ1n) is 8.69. The third kappa shape index (κ3) is 5.31. The van der Waals surface area contributed by atoms with E-state index in [-0.39, 0.29) is 18.2 Å². The van der Waals surface area contributed by atoms with E-state index in [1.807, 2.05) is 49.4 Å². The molecule has 0 aliphatic heterocycles. The summed E-state index contributed by atoms with van der Waals surface area (Å²) in [6.07, 6.45) is 1.43. The van der Waals surface area contributed by atoms with Crippen LogP contribution in [0.25, 0.3) is 0 Å². The van der Waals surface area contributed by atoms with Gasteiger partial charge in [0, 0.05) is 5.69 Å². The second kappa shape index (κ2) is 9.18. The number of amides is 3. The van der Waals surface area contributed by atoms with Crippen molar-refractivity contribution in [2.45, 2.75) is 6.92 Å². The lowest BCUT2D eigenvalue weighted by molar-refractivity contribution is 0.0932. The van der Waals surface area contributed by atoms with Crippen LogP contribution in [0.15, 0.2) is 82.5 Å². The van der Waals surface area contributed by atoms with Gasteiger partial charge in [0.1, 0.15) is 0 Å². The first kappa shape index (κ1) is 18.9. The zero-order valence-corrected chi connectivity index (χ0v) is 15.3. The summed E-state index contributed by atoms with van der Waals surface area (Å²) >= 11 is 0. The average molecular weight is 376 g/mol. The second-order valence-electron chi connectivity index (χ2n) is 6.02. The molecule has 3 N–H and O–H groups in total. The maximum Gasteiger partial charge on any atom is 0.339 e. The van der Waals surface area contributed by atoms with Crippen LogP contribution in [0, 0.1) is 6.92 Å². The van der Waals surface area contributed by atoms with Crippen LogP contribution in [0.2, 0.25) is 0 Å². The number of nitrogens with zero attached hydrogens (tertiary/aromatic N) is 1. The Morgan fingerprint density at radius 1 is 0.964 bits per heavy atom. The Morgan fingerprint density at radius 3 is 2.39 bits per heavy atom. The van der Waals surface area contributed by atoms with Crippen molar-refractivity contribution in [2.75, 3.05) is 11.9 Å². The van der Waals surface area contributed by atoms with E-state index in [4.69, 9.17) is 4.42 Å². The highest BCUT2D eigenvalue weighted by Crippen LogP contribution is 2.08. The Balaban J connectivity index is 1.66. The van der Waals surface area contributed by atoms with Gasteiger partial charge < -0.3 is 15.1 Å². The van der Waals surface area contributed by atoms with Crippen molar-refractivity contribution in [3.8, 4) is 0 Å². The summed E-state index contributed by atoms with van der Waals surface area (Å²) in [4.78, 5) is 24.2. The zero-order chi connectivity index (χ0) is 19.8. The largest absolute Gasteiger partial charge is 0.459 e. The molecule has 0 bridgehead atoms. The first-order valence-corrected chi connectivity index (χ1v) is 8.69. The van der Waals surface area contributed by atoms with Gasteiger partial charge in [-0.15, -0.1) is 0 Å². The maximum atomic E-state index is 12.1. The van der Waals surface area contributed by atoms with Gasteiger partial charge in [-0.1, -0.05) is 48.0 Å². The van der Waals surface area contributed by atoms with Crippen LogP contribution in [0.5, 0.6) is 0 Å². The van der Waals surface area contributed by atoms with Gasteiger partial charge in [-0.05, 0) is 36.8 Å². The Labute approximate surface area is 162 Å². The van der Waals surface area contributed by atoms with E-state index in [1.165, 1.54) is 6.26 Å². The summed E-state index contributed by atoms with van der Waals surface area (Å²) in [5.41, 5.74) is 5.50. The molecule has 0 radical (unpaired) electrons. The molecule has 3 amide bonds. The molecule has 0 aliphatic carbocycles. The number of rotatable bonds is 6. The number of aryl methyl sites for hydroxylation is 1. The smallest absolute Gasteiger partial charge is 0.339 e. The molecule has 0 fully saturated rings. The van der Waals surface area contributed by atoms with Crippen molar-refractivity contribution >= 4 is 23.3 Å². The Kier molecular flexibility index (Phi) is 6.20. The van der Waals surface area contributed by atoms with Crippen LogP contribution in [-0.2, 0) is 0 Å². The average Bonchev–Trinajstić information content (AvgIpc) is 3.25. The van der Waals surface area contributed by atoms with Crippen LogP contribution < -0.4 is 16.1 Å². The molecule has 0 aliphatic rings. The van der Waals surface area contributed by atoms with Crippen LogP contribution in [0.3, 0.4) is 0 Å². The molecule has 1 aromatic heterocycles. The third-order valence-electron chi connectivity index (χ3n) is 3.87. The monoisotopic (exact) mass is 376 g/mol. The number of urea groups is 1. The highest BCUT2D eigenvalue weighted by atomic mass is 16.3. The van der Waals surface area contributed by atoms with Crippen molar-refractivity contribution in [1.82, 2.24) is 10.7 Å². The van der Waals surface area contributed by atoms with E-state index in [9.17, 15) is 9.59 Å². The van der Waals surface area contributed by atoms with E-state index in [0.29, 0.717) is 11.4 Å². The molecule has 3 rings (SSSR count). The predicted octanol–water partition coefficient (Wildman–Crippen LogP) is 3.54. The fraction of sp³-hybridized carbons (Fsp3) is 0.0952. The van der Waals surface area contributed by atoms with Gasteiger partial charge in [0.25, 0.3) is 5.91 Å². The van der Waals surface area contributed by atoms with E-state index in [0.717, 1.165) is 11.1 Å². The van der Waals surface area contributed by atoms with Gasteiger partial charge >= 0.3 is 6.03 Å². The number of carbonyl (C=O) groups is 2. The van der Waals surface area contributed by atoms with Gasteiger partial charge in [0.15, 0.2) is 5.76 Å². The summed E-state index contributed by atoms with van der Waals surface area (Å²) in [5.74, 6) is -0.157. The molecule has 0 unspecified atom stereocenters. The van der Waals surface area contributed by atoms with Crippen molar-refractivity contribution in [3.05, 3.63) is 89.9 Å². The van der Waals surface area contributed by atoms with E-state index in [1.54, 1.807) is 24.3 Å². The van der Waals surface area contributed by atoms with Gasteiger partial charge in [0.2, 0.25) is 0 Å². The normalized spacial score (nSPS) is 11.0. The molecule has 7 heteroatoms. The molecule has 0 atom stereocenters. The minimum absolute atomic E-state index is 0.119. The number of hydrogen-bond donors (Lipinski definition) is 3. The molecule has 28 heavy (non-hydrogen) atoms. The third-order valence-corrected chi connectivity index (χ3v) is 3.87. The number of hydrazone groups is 1. The summed E-state index contributed by atoms with van der Waals surface area (Å²) < 4.78 is 5.07. The SMILES string of the molecule is Cc1ccc(NC(=O)N/N=C(/CNC(=O)c2ccco2)c2ccccc2)cc1. The molecule has 0 saturated carbocycles. The highest BCUT2D eigenvalue weighted by Gasteiger charge is 2.11. The molecule has 1 heterocycles. The number of nitrogens with one attached hydrogen (secondary N) is 3. The van der Waals surface area contributed by atoms with Gasteiger partial charge in [0.05, 0.1) is 18.5 Å². The fourth-order valence-electron chi connectivity index (χ4n) is 2.41. The van der Waals surface area contributed by atoms with Crippen molar-refractivity contribution < 1.29 is 14.0 Å². The Morgan fingerprint density at radius 2 is 1.71 bits per heavy atom. The van der Waals surface area contributed by atoms with Crippen LogP contribution in [0.1, 0.15) is 21.7 Å². The lowest BCUT2D eigenvalue weighted by Crippen LogP contribution is -2.32. The molecule has 2 aromatic carbocycles. The fourth-order valence-corrected chi connectivity index (χ4v) is 2.41. The lowest BCUT2D eigenvalue weighted by atomic mass is 10.1. The highest BCUT2D eigenvalue weighted by molar-refractivity contribution is 6.05. The lowest BCUT2D eigenvalue weighted by Gasteiger charge is -2.09. The standard InChI is InChI=1S/C21H20N4O3/c1-15-9-11-17(12-10-15)23-21(27)25-24-18(16-6-3-2-4-7-16)14-22-20(26)19-8-5-13-28-19/h2-13H,14H2,1H3,(H,22,26)(H2,23,25,27)/b24-18-. The molecular weight excluding hydrogens is 356 g/mol. The van der Waals surface area contributed by atoms with E-state index >= 15 is 0 Å². The van der Waals surface area contributed by atoms with Crippen molar-refractivity contribution in [1.29, 1.82) is 0 Å². The molecular formula is C21H20N4O3. The molecule has 0 saturated heterocycles. The summed E-state index contributed by atoms with van der Waals surface area (Å²) in [6.45, 7) is 2.09. The molecule has 7 nitrogen and oxygen atoms in total. The summed E-state index contributed by atoms with van der Waals surface area (Å²) in [7, 11) is 0. The summed E-state index contributed by atoms with van der Waals surface area (Å²) in [5, 5.41) is 9.60. The Bertz CT molecular complexity index is 949. The zero-order valence-electron chi connectivity index (χ0n) is 15.3. The number of carbonyl (C=O) groups excluding carboxylic acids is 2. The summed E-state index contributed by atoms with van der Waals surface area (Å²) in [6, 6.07) is 19.4. The van der Waals surface area contributed by atoms with Gasteiger partial charge in [-0.2, -0.15) is 5.10 Å². The quantitative estimate of drug-likeness (QED) is 0.453. The van der Waals surface area contributed by atoms with Crippen LogP contribution >= 0.6 is 0 Å². The molecule has 0 spiro atoms. The number of anilines is 1. The minimum Gasteiger partial charge on any atom is -0.459 e. The van der Waals surface area contributed by atoms with E-state index < -0.39 is 6.03 Å². The predicted molar refractivity (Wildman–Crippen MR) is 107 cm³/mol. The van der Waals surface area contributed by atoms with Gasteiger partial charge in [-0.25, -0.2) is 10.2 Å². The molecule has 3 aromatic rings. The Hall–Kier alpha value is -3.87. The second-order valence-corrected chi connectivity index (χ2v) is 6.02. The maximum absolute atomic E-state index is 12.1. The van der Waals surface area contributed by atoms with Gasteiger partial charge in [-0.3, -0.25) is 4.79 Å².